The number of nitrogens with zero attached hydrogens (tertiary/aromatic N) is 1. The van der Waals surface area contributed by atoms with E-state index in [-0.39, 0.29) is 5.75 Å². The molecule has 0 aliphatic rings. The molecular weight excluding hydrogens is 358 g/mol. The Balaban J connectivity index is 2.45. The zero-order chi connectivity index (χ0) is 13.2. The smallest absolute Gasteiger partial charge is 0.405 e. The first kappa shape index (κ1) is 13.1. The highest BCUT2D eigenvalue weighted by Crippen LogP contribution is 2.33. The Kier molecular flexibility index (Phi) is 3.74. The number of rotatable bonds is 2. The first-order chi connectivity index (χ1) is 8.46. The van der Waals surface area contributed by atoms with Crippen molar-refractivity contribution < 1.29 is 17.9 Å². The van der Waals surface area contributed by atoms with Crippen LogP contribution >= 0.6 is 22.6 Å². The molecule has 0 saturated heterocycles. The maximum absolute atomic E-state index is 12.3. The van der Waals surface area contributed by atoms with Gasteiger partial charge in [-0.05, 0) is 34.7 Å². The molecule has 0 radical (unpaired) electrons. The molecule has 1 aromatic heterocycles. The van der Waals surface area contributed by atoms with Crippen LogP contribution in [0.25, 0.3) is 11.1 Å². The van der Waals surface area contributed by atoms with E-state index in [0.717, 1.165) is 3.57 Å². The molecule has 0 amide bonds. The van der Waals surface area contributed by atoms with Crippen molar-refractivity contribution in [3.05, 3.63) is 46.3 Å². The van der Waals surface area contributed by atoms with E-state index < -0.39 is 6.36 Å². The van der Waals surface area contributed by atoms with Crippen LogP contribution in [0.15, 0.2) is 42.7 Å². The van der Waals surface area contributed by atoms with E-state index in [1.54, 1.807) is 24.4 Å². The highest BCUT2D eigenvalue weighted by atomic mass is 127. The minimum Gasteiger partial charge on any atom is -0.405 e. The van der Waals surface area contributed by atoms with Crippen molar-refractivity contribution in [1.82, 2.24) is 4.98 Å². The summed E-state index contributed by atoms with van der Waals surface area (Å²) in [4.78, 5) is 3.95. The Hall–Kier alpha value is -1.31. The maximum Gasteiger partial charge on any atom is 0.573 e. The zero-order valence-corrected chi connectivity index (χ0v) is 11.1. The summed E-state index contributed by atoms with van der Waals surface area (Å²) in [5.74, 6) is -0.228. The largest absolute Gasteiger partial charge is 0.573 e. The molecule has 2 rings (SSSR count). The molecule has 0 fully saturated rings. The van der Waals surface area contributed by atoms with Gasteiger partial charge in [-0.3, -0.25) is 4.98 Å². The van der Waals surface area contributed by atoms with E-state index in [2.05, 4.69) is 9.72 Å². The van der Waals surface area contributed by atoms with Gasteiger partial charge in [0.25, 0.3) is 0 Å². The lowest BCUT2D eigenvalue weighted by molar-refractivity contribution is -0.274. The topological polar surface area (TPSA) is 22.1 Å². The van der Waals surface area contributed by atoms with E-state index in [9.17, 15) is 13.2 Å². The third-order valence-corrected chi connectivity index (χ3v) is 2.72. The van der Waals surface area contributed by atoms with Crippen LogP contribution in [-0.2, 0) is 0 Å². The lowest BCUT2D eigenvalue weighted by Crippen LogP contribution is -2.17. The molecule has 0 bridgehead atoms. The van der Waals surface area contributed by atoms with Gasteiger partial charge in [0.2, 0.25) is 0 Å². The van der Waals surface area contributed by atoms with Crippen molar-refractivity contribution in [2.24, 2.45) is 0 Å². The molecular formula is C12H7F3INO. The van der Waals surface area contributed by atoms with Crippen molar-refractivity contribution >= 4 is 22.6 Å². The lowest BCUT2D eigenvalue weighted by atomic mass is 10.1. The first-order valence-electron chi connectivity index (χ1n) is 4.91. The van der Waals surface area contributed by atoms with E-state index in [4.69, 9.17) is 0 Å². The van der Waals surface area contributed by atoms with Gasteiger partial charge < -0.3 is 4.74 Å². The average molecular weight is 365 g/mol. The summed E-state index contributed by atoms with van der Waals surface area (Å²) in [7, 11) is 0. The van der Waals surface area contributed by atoms with Crippen molar-refractivity contribution in [3.8, 4) is 16.9 Å². The van der Waals surface area contributed by atoms with Gasteiger partial charge >= 0.3 is 6.36 Å². The first-order valence-corrected chi connectivity index (χ1v) is 5.99. The number of hydrogen-bond donors (Lipinski definition) is 0. The maximum atomic E-state index is 12.3. The SMILES string of the molecule is FC(F)(F)Oc1ccccc1-c1cncc(I)c1. The average Bonchev–Trinajstić information content (AvgIpc) is 2.27. The second kappa shape index (κ2) is 5.13. The molecule has 2 nitrogen and oxygen atoms in total. The molecule has 0 spiro atoms. The summed E-state index contributed by atoms with van der Waals surface area (Å²) in [6.45, 7) is 0. The predicted molar refractivity (Wildman–Crippen MR) is 69.1 cm³/mol. The Morgan fingerprint density at radius 3 is 2.50 bits per heavy atom. The van der Waals surface area contributed by atoms with Crippen LogP contribution in [0.3, 0.4) is 0 Å². The standard InChI is InChI=1S/C12H7F3INO/c13-12(14,15)18-11-4-2-1-3-10(11)8-5-9(16)7-17-6-8/h1-7H. The van der Waals surface area contributed by atoms with Gasteiger partial charge in [-0.1, -0.05) is 18.2 Å². The van der Waals surface area contributed by atoms with Crippen LogP contribution in [0.1, 0.15) is 0 Å². The molecule has 0 aliphatic carbocycles. The predicted octanol–water partition coefficient (Wildman–Crippen LogP) is 4.25. The number of hydrogen-bond acceptors (Lipinski definition) is 2. The Morgan fingerprint density at radius 2 is 1.83 bits per heavy atom. The van der Waals surface area contributed by atoms with Gasteiger partial charge in [-0.15, -0.1) is 13.2 Å². The zero-order valence-electron chi connectivity index (χ0n) is 8.91. The highest BCUT2D eigenvalue weighted by Gasteiger charge is 2.32. The summed E-state index contributed by atoms with van der Waals surface area (Å²) in [5, 5.41) is 0. The molecule has 1 heterocycles. The van der Waals surface area contributed by atoms with Crippen LogP contribution in [0.4, 0.5) is 13.2 Å². The Morgan fingerprint density at radius 1 is 1.11 bits per heavy atom. The summed E-state index contributed by atoms with van der Waals surface area (Å²) in [5.41, 5.74) is 0.947. The normalized spacial score (nSPS) is 11.3. The van der Waals surface area contributed by atoms with E-state index in [1.807, 2.05) is 22.6 Å². The van der Waals surface area contributed by atoms with E-state index >= 15 is 0 Å². The van der Waals surface area contributed by atoms with Gasteiger partial charge in [-0.2, -0.15) is 0 Å². The third kappa shape index (κ3) is 3.34. The van der Waals surface area contributed by atoms with Crippen molar-refractivity contribution in [2.75, 3.05) is 0 Å². The molecule has 94 valence electrons. The highest BCUT2D eigenvalue weighted by molar-refractivity contribution is 14.1. The minimum atomic E-state index is -4.70. The van der Waals surface area contributed by atoms with Crippen LogP contribution in [-0.4, -0.2) is 11.3 Å². The van der Waals surface area contributed by atoms with E-state index in [1.165, 1.54) is 18.3 Å². The fourth-order valence-electron chi connectivity index (χ4n) is 1.48. The molecule has 1 aromatic carbocycles. The second-order valence-electron chi connectivity index (χ2n) is 3.44. The second-order valence-corrected chi connectivity index (χ2v) is 4.68. The number of ether oxygens (including phenoxy) is 1. The van der Waals surface area contributed by atoms with Gasteiger partial charge in [0, 0.05) is 27.1 Å². The molecule has 0 N–H and O–H groups in total. The summed E-state index contributed by atoms with van der Waals surface area (Å²) < 4.78 is 41.7. The molecule has 18 heavy (non-hydrogen) atoms. The van der Waals surface area contributed by atoms with E-state index in [0.29, 0.717) is 11.1 Å². The van der Waals surface area contributed by atoms with Crippen LogP contribution in [0.2, 0.25) is 0 Å². The summed E-state index contributed by atoms with van der Waals surface area (Å²) in [6.07, 6.45) is -1.58. The van der Waals surface area contributed by atoms with Gasteiger partial charge in [0.05, 0.1) is 0 Å². The number of pyridine rings is 1. The van der Waals surface area contributed by atoms with Crippen LogP contribution in [0, 0.1) is 3.57 Å². The number of alkyl halides is 3. The van der Waals surface area contributed by atoms with Gasteiger partial charge in [-0.25, -0.2) is 0 Å². The van der Waals surface area contributed by atoms with Crippen molar-refractivity contribution in [2.45, 2.75) is 6.36 Å². The monoisotopic (exact) mass is 365 g/mol. The third-order valence-electron chi connectivity index (χ3n) is 2.13. The minimum absolute atomic E-state index is 0.228. The molecule has 0 atom stereocenters. The lowest BCUT2D eigenvalue weighted by Gasteiger charge is -2.13. The molecule has 6 heteroatoms. The Bertz CT molecular complexity index is 557. The number of aromatic nitrogens is 1. The number of benzene rings is 1. The fraction of sp³-hybridized carbons (Fsp3) is 0.0833. The number of para-hydroxylation sites is 1. The summed E-state index contributed by atoms with van der Waals surface area (Å²) >= 11 is 2.05. The summed E-state index contributed by atoms with van der Waals surface area (Å²) in [6, 6.07) is 7.73. The molecule has 0 saturated carbocycles. The van der Waals surface area contributed by atoms with Crippen molar-refractivity contribution in [1.29, 1.82) is 0 Å². The molecule has 0 unspecified atom stereocenters. The van der Waals surface area contributed by atoms with Gasteiger partial charge in [0.15, 0.2) is 0 Å². The quantitative estimate of drug-likeness (QED) is 0.743. The van der Waals surface area contributed by atoms with Gasteiger partial charge in [0.1, 0.15) is 5.75 Å². The molecule has 2 aromatic rings. The van der Waals surface area contributed by atoms with Crippen LogP contribution < -0.4 is 4.74 Å². The fourth-order valence-corrected chi connectivity index (χ4v) is 1.97. The number of halogens is 4. The van der Waals surface area contributed by atoms with Crippen molar-refractivity contribution in [3.63, 3.8) is 0 Å². The molecule has 0 aliphatic heterocycles. The Labute approximate surface area is 115 Å². The van der Waals surface area contributed by atoms with Crippen LogP contribution in [0.5, 0.6) is 5.75 Å².